The van der Waals surface area contributed by atoms with Crippen molar-refractivity contribution in [3.63, 3.8) is 0 Å². The minimum Gasteiger partial charge on any atom is -0.442 e. The van der Waals surface area contributed by atoms with Crippen LogP contribution in [0.1, 0.15) is 42.6 Å². The second-order valence-electron chi connectivity index (χ2n) is 5.78. The first-order chi connectivity index (χ1) is 10.7. The van der Waals surface area contributed by atoms with Crippen molar-refractivity contribution in [1.29, 1.82) is 0 Å². The molecule has 0 heterocycles. The molecule has 1 amide bonds. The Morgan fingerprint density at radius 1 is 1.18 bits per heavy atom. The maximum absolute atomic E-state index is 11.0. The first-order valence-electron chi connectivity index (χ1n) is 7.85. The van der Waals surface area contributed by atoms with E-state index in [1.165, 1.54) is 22.3 Å². The van der Waals surface area contributed by atoms with Gasteiger partial charge in [0.25, 0.3) is 0 Å². The number of hydrogen-bond acceptors (Lipinski definition) is 2. The van der Waals surface area contributed by atoms with Crippen LogP contribution in [-0.2, 0) is 17.6 Å². The van der Waals surface area contributed by atoms with Gasteiger partial charge in [-0.2, -0.15) is 0 Å². The average Bonchev–Trinajstić information content (AvgIpc) is 2.54. The molecule has 0 saturated carbocycles. The Morgan fingerprint density at radius 3 is 2.59 bits per heavy atom. The number of carbonyl (C=O) groups is 1. The van der Waals surface area contributed by atoms with Gasteiger partial charge in [-0.3, -0.25) is 0 Å². The summed E-state index contributed by atoms with van der Waals surface area (Å²) in [4.78, 5) is 11.0. The van der Waals surface area contributed by atoms with Crippen LogP contribution in [0, 0.1) is 0 Å². The molecule has 2 aromatic rings. The van der Waals surface area contributed by atoms with Crippen LogP contribution in [0.15, 0.2) is 42.5 Å². The predicted octanol–water partition coefficient (Wildman–Crippen LogP) is 4.39. The summed E-state index contributed by atoms with van der Waals surface area (Å²) in [5.41, 5.74) is 11.3. The molecular weight excluding hydrogens is 274 g/mol. The van der Waals surface area contributed by atoms with Gasteiger partial charge in [-0.25, -0.2) is 4.79 Å². The molecule has 1 aliphatic carbocycles. The van der Waals surface area contributed by atoms with Crippen LogP contribution >= 0.6 is 0 Å². The molecule has 3 nitrogen and oxygen atoms in total. The summed E-state index contributed by atoms with van der Waals surface area (Å²) in [6.45, 7) is 2.16. The zero-order chi connectivity index (χ0) is 15.5. The lowest BCUT2D eigenvalue weighted by Crippen LogP contribution is -2.20. The molecular formula is C19H21NO2. The number of fused-ring (bicyclic) bond motifs is 1. The van der Waals surface area contributed by atoms with Crippen molar-refractivity contribution in [3.05, 3.63) is 59.2 Å². The van der Waals surface area contributed by atoms with E-state index in [0.717, 1.165) is 31.2 Å². The third-order valence-electron chi connectivity index (χ3n) is 4.36. The number of hydrogen-bond donors (Lipinski definition) is 1. The van der Waals surface area contributed by atoms with Gasteiger partial charge in [0.1, 0.15) is 6.10 Å². The van der Waals surface area contributed by atoms with Gasteiger partial charge in [-0.1, -0.05) is 49.4 Å². The highest BCUT2D eigenvalue weighted by molar-refractivity contribution is 5.67. The van der Waals surface area contributed by atoms with Crippen molar-refractivity contribution < 1.29 is 9.53 Å². The lowest BCUT2D eigenvalue weighted by atomic mass is 9.87. The van der Waals surface area contributed by atoms with Crippen molar-refractivity contribution in [1.82, 2.24) is 0 Å². The minimum atomic E-state index is -0.697. The molecule has 0 bridgehead atoms. The number of carbonyl (C=O) groups excluding carboxylic acids is 1. The highest BCUT2D eigenvalue weighted by Crippen LogP contribution is 2.35. The molecule has 1 aliphatic rings. The van der Waals surface area contributed by atoms with E-state index in [2.05, 4.69) is 49.4 Å². The molecule has 3 heteroatoms. The molecule has 22 heavy (non-hydrogen) atoms. The zero-order valence-corrected chi connectivity index (χ0v) is 12.8. The molecule has 0 aliphatic heterocycles. The third kappa shape index (κ3) is 2.98. The zero-order valence-electron chi connectivity index (χ0n) is 12.8. The van der Waals surface area contributed by atoms with Gasteiger partial charge in [-0.15, -0.1) is 0 Å². The maximum Gasteiger partial charge on any atom is 0.405 e. The fraction of sp³-hybridized carbons (Fsp3) is 0.316. The number of nitrogens with two attached hydrogens (primary N) is 1. The second-order valence-corrected chi connectivity index (χ2v) is 5.78. The molecule has 0 spiro atoms. The highest BCUT2D eigenvalue weighted by Gasteiger charge is 2.23. The van der Waals surface area contributed by atoms with E-state index in [4.69, 9.17) is 10.5 Å². The average molecular weight is 295 g/mol. The number of ether oxygens (including phenoxy) is 1. The lowest BCUT2D eigenvalue weighted by Gasteiger charge is -2.25. The van der Waals surface area contributed by atoms with Gasteiger partial charge < -0.3 is 10.5 Å². The van der Waals surface area contributed by atoms with Crippen LogP contribution in [0.2, 0.25) is 0 Å². The highest BCUT2D eigenvalue weighted by atomic mass is 16.6. The van der Waals surface area contributed by atoms with Crippen LogP contribution < -0.4 is 5.73 Å². The van der Waals surface area contributed by atoms with Crippen LogP contribution in [0.3, 0.4) is 0 Å². The van der Waals surface area contributed by atoms with E-state index in [9.17, 15) is 4.79 Å². The predicted molar refractivity (Wildman–Crippen MR) is 87.6 cm³/mol. The first-order valence-corrected chi connectivity index (χ1v) is 7.85. The van der Waals surface area contributed by atoms with E-state index in [1.54, 1.807) is 0 Å². The Labute approximate surface area is 131 Å². The summed E-state index contributed by atoms with van der Waals surface area (Å²) in [7, 11) is 0. The SMILES string of the molecule is CCc1ccc(-c2ccc3c(c2)CCCC3OC(N)=O)cc1. The van der Waals surface area contributed by atoms with Crippen LogP contribution in [0.4, 0.5) is 4.79 Å². The fourth-order valence-electron chi connectivity index (χ4n) is 3.14. The van der Waals surface area contributed by atoms with Gasteiger partial charge in [0, 0.05) is 0 Å². The van der Waals surface area contributed by atoms with E-state index in [-0.39, 0.29) is 6.10 Å². The van der Waals surface area contributed by atoms with Gasteiger partial charge in [-0.05, 0) is 53.5 Å². The van der Waals surface area contributed by atoms with Crippen molar-refractivity contribution in [3.8, 4) is 11.1 Å². The third-order valence-corrected chi connectivity index (χ3v) is 4.36. The summed E-state index contributed by atoms with van der Waals surface area (Å²) in [5.74, 6) is 0. The molecule has 0 radical (unpaired) electrons. The quantitative estimate of drug-likeness (QED) is 0.913. The van der Waals surface area contributed by atoms with Crippen molar-refractivity contribution in [2.24, 2.45) is 5.73 Å². The standard InChI is InChI=1S/C19H21NO2/c1-2-13-6-8-14(9-7-13)15-10-11-17-16(12-15)4-3-5-18(17)22-19(20)21/h6-12,18H,2-5H2,1H3,(H2,20,21). The van der Waals surface area contributed by atoms with Gasteiger partial charge in [0.2, 0.25) is 0 Å². The molecule has 0 aromatic heterocycles. The normalized spacial score (nSPS) is 16.9. The fourth-order valence-corrected chi connectivity index (χ4v) is 3.14. The summed E-state index contributed by atoms with van der Waals surface area (Å²) in [5, 5.41) is 0. The molecule has 3 rings (SSSR count). The van der Waals surface area contributed by atoms with E-state index in [1.807, 2.05) is 0 Å². The van der Waals surface area contributed by atoms with E-state index in [0.29, 0.717) is 0 Å². The molecule has 1 atom stereocenters. The van der Waals surface area contributed by atoms with Gasteiger partial charge in [0.15, 0.2) is 0 Å². The summed E-state index contributed by atoms with van der Waals surface area (Å²) < 4.78 is 5.23. The number of primary amides is 1. The summed E-state index contributed by atoms with van der Waals surface area (Å²) in [6.07, 6.45) is 3.05. The molecule has 1 unspecified atom stereocenters. The smallest absolute Gasteiger partial charge is 0.405 e. The maximum atomic E-state index is 11.0. The molecule has 114 valence electrons. The Kier molecular flexibility index (Phi) is 4.14. The molecule has 0 fully saturated rings. The second kappa shape index (κ2) is 6.22. The molecule has 0 saturated heterocycles. The monoisotopic (exact) mass is 295 g/mol. The Balaban J connectivity index is 1.91. The van der Waals surface area contributed by atoms with Crippen LogP contribution in [0.25, 0.3) is 11.1 Å². The number of amides is 1. The number of aryl methyl sites for hydroxylation is 2. The van der Waals surface area contributed by atoms with Gasteiger partial charge in [0.05, 0.1) is 0 Å². The first kappa shape index (κ1) is 14.6. The molecule has 2 aromatic carbocycles. The Hall–Kier alpha value is -2.29. The summed E-state index contributed by atoms with van der Waals surface area (Å²) >= 11 is 0. The minimum absolute atomic E-state index is 0.197. The largest absolute Gasteiger partial charge is 0.442 e. The van der Waals surface area contributed by atoms with Crippen molar-refractivity contribution in [2.45, 2.75) is 38.7 Å². The van der Waals surface area contributed by atoms with Crippen LogP contribution in [-0.4, -0.2) is 6.09 Å². The molecule has 2 N–H and O–H groups in total. The van der Waals surface area contributed by atoms with Crippen molar-refractivity contribution >= 4 is 6.09 Å². The lowest BCUT2D eigenvalue weighted by molar-refractivity contribution is 0.0959. The van der Waals surface area contributed by atoms with Gasteiger partial charge >= 0.3 is 6.09 Å². The summed E-state index contributed by atoms with van der Waals surface area (Å²) in [6, 6.07) is 15.1. The van der Waals surface area contributed by atoms with E-state index >= 15 is 0 Å². The topological polar surface area (TPSA) is 52.3 Å². The number of rotatable bonds is 3. The van der Waals surface area contributed by atoms with Crippen LogP contribution in [0.5, 0.6) is 0 Å². The van der Waals surface area contributed by atoms with E-state index < -0.39 is 6.09 Å². The Morgan fingerprint density at radius 2 is 1.91 bits per heavy atom. The number of benzene rings is 2. The van der Waals surface area contributed by atoms with Crippen molar-refractivity contribution in [2.75, 3.05) is 0 Å². The Bertz CT molecular complexity index is 676.